The van der Waals surface area contributed by atoms with E-state index in [1.807, 2.05) is 18.2 Å². The molecular formula is C19H24F3N3O3. The summed E-state index contributed by atoms with van der Waals surface area (Å²) in [6, 6.07) is 7.03. The topological polar surface area (TPSA) is 61.9 Å². The van der Waals surface area contributed by atoms with E-state index in [0.29, 0.717) is 18.2 Å². The minimum Gasteiger partial charge on any atom is -0.376 e. The molecule has 0 radical (unpaired) electrons. The number of carbonyl (C=O) groups is 2. The highest BCUT2D eigenvalue weighted by Gasteiger charge is 2.34. The molecule has 1 aromatic carbocycles. The summed E-state index contributed by atoms with van der Waals surface area (Å²) in [6.07, 6.45) is -3.52. The first kappa shape index (κ1) is 20.4. The fourth-order valence-corrected chi connectivity index (χ4v) is 3.01. The lowest BCUT2D eigenvalue weighted by Crippen LogP contribution is -2.52. The molecule has 2 fully saturated rings. The number of alkyl halides is 3. The molecule has 0 aromatic heterocycles. The Balaban J connectivity index is 1.44. The molecule has 1 aromatic rings. The number of carbonyl (C=O) groups excluding carboxylic acids is 2. The van der Waals surface area contributed by atoms with Crippen LogP contribution < -0.4 is 5.32 Å². The monoisotopic (exact) mass is 399 g/mol. The normalized spacial score (nSPS) is 17.5. The SMILES string of the molecule is O=C(CC(F)(F)F)N1CCN(C(=O)Nc2cccc(COCC3CC3)c2)CC1. The van der Waals surface area contributed by atoms with Gasteiger partial charge in [0.2, 0.25) is 5.91 Å². The molecule has 2 aliphatic rings. The average Bonchev–Trinajstić information content (AvgIpc) is 3.45. The second-order valence-corrected chi connectivity index (χ2v) is 7.25. The molecule has 1 heterocycles. The molecule has 0 unspecified atom stereocenters. The number of ether oxygens (including phenoxy) is 1. The number of hydrogen-bond donors (Lipinski definition) is 1. The predicted octanol–water partition coefficient (Wildman–Crippen LogP) is 3.24. The lowest BCUT2D eigenvalue weighted by Gasteiger charge is -2.34. The molecule has 3 rings (SSSR count). The molecule has 0 bridgehead atoms. The van der Waals surface area contributed by atoms with E-state index in [2.05, 4.69) is 5.32 Å². The van der Waals surface area contributed by atoms with E-state index in [0.717, 1.165) is 17.1 Å². The van der Waals surface area contributed by atoms with Gasteiger partial charge in [-0.2, -0.15) is 13.2 Å². The first-order chi connectivity index (χ1) is 13.3. The van der Waals surface area contributed by atoms with Crippen molar-refractivity contribution in [1.29, 1.82) is 0 Å². The molecule has 1 saturated carbocycles. The summed E-state index contributed by atoms with van der Waals surface area (Å²) in [5.41, 5.74) is 1.59. The number of nitrogens with one attached hydrogen (secondary N) is 1. The van der Waals surface area contributed by atoms with Gasteiger partial charge < -0.3 is 19.9 Å². The Labute approximate surface area is 161 Å². The quantitative estimate of drug-likeness (QED) is 0.799. The Hall–Kier alpha value is -2.29. The van der Waals surface area contributed by atoms with Crippen LogP contribution in [0.4, 0.5) is 23.7 Å². The highest BCUT2D eigenvalue weighted by atomic mass is 19.4. The number of piperazine rings is 1. The van der Waals surface area contributed by atoms with Crippen LogP contribution in [0.2, 0.25) is 0 Å². The van der Waals surface area contributed by atoms with Crippen molar-refractivity contribution in [2.45, 2.75) is 32.0 Å². The van der Waals surface area contributed by atoms with E-state index in [1.165, 1.54) is 17.7 Å². The van der Waals surface area contributed by atoms with Gasteiger partial charge in [0.15, 0.2) is 0 Å². The first-order valence-corrected chi connectivity index (χ1v) is 9.37. The van der Waals surface area contributed by atoms with Crippen LogP contribution in [0, 0.1) is 5.92 Å². The van der Waals surface area contributed by atoms with Crippen molar-refractivity contribution in [2.24, 2.45) is 5.92 Å². The van der Waals surface area contributed by atoms with E-state index in [-0.39, 0.29) is 32.2 Å². The van der Waals surface area contributed by atoms with Gasteiger partial charge in [-0.1, -0.05) is 12.1 Å². The van der Waals surface area contributed by atoms with Crippen LogP contribution >= 0.6 is 0 Å². The van der Waals surface area contributed by atoms with Gasteiger partial charge in [-0.3, -0.25) is 4.79 Å². The third-order valence-corrected chi connectivity index (χ3v) is 4.77. The van der Waals surface area contributed by atoms with E-state index in [9.17, 15) is 22.8 Å². The highest BCUT2D eigenvalue weighted by molar-refractivity contribution is 5.89. The lowest BCUT2D eigenvalue weighted by atomic mass is 10.2. The molecular weight excluding hydrogens is 375 g/mol. The molecule has 28 heavy (non-hydrogen) atoms. The maximum absolute atomic E-state index is 12.4. The molecule has 1 saturated heterocycles. The Kier molecular flexibility index (Phi) is 6.43. The van der Waals surface area contributed by atoms with Gasteiger partial charge in [0, 0.05) is 38.5 Å². The number of halogens is 3. The summed E-state index contributed by atoms with van der Waals surface area (Å²) in [6.45, 7) is 1.82. The maximum Gasteiger partial charge on any atom is 0.397 e. The zero-order chi connectivity index (χ0) is 20.1. The zero-order valence-electron chi connectivity index (χ0n) is 15.5. The molecule has 1 aliphatic heterocycles. The number of hydrogen-bond acceptors (Lipinski definition) is 3. The van der Waals surface area contributed by atoms with Crippen molar-refractivity contribution in [3.8, 4) is 0 Å². The van der Waals surface area contributed by atoms with Gasteiger partial charge in [-0.15, -0.1) is 0 Å². The van der Waals surface area contributed by atoms with Gasteiger partial charge in [0.25, 0.3) is 0 Å². The van der Waals surface area contributed by atoms with Crippen molar-refractivity contribution in [3.05, 3.63) is 29.8 Å². The van der Waals surface area contributed by atoms with Crippen LogP contribution in [0.15, 0.2) is 24.3 Å². The van der Waals surface area contributed by atoms with Crippen molar-refractivity contribution in [1.82, 2.24) is 9.80 Å². The summed E-state index contributed by atoms with van der Waals surface area (Å²) in [5, 5.41) is 2.79. The van der Waals surface area contributed by atoms with E-state index in [4.69, 9.17) is 4.74 Å². The highest BCUT2D eigenvalue weighted by Crippen LogP contribution is 2.29. The third-order valence-electron chi connectivity index (χ3n) is 4.77. The molecule has 1 N–H and O–H groups in total. The molecule has 3 amide bonds. The molecule has 0 atom stereocenters. The van der Waals surface area contributed by atoms with Gasteiger partial charge in [-0.25, -0.2) is 4.79 Å². The first-order valence-electron chi connectivity index (χ1n) is 9.37. The summed E-state index contributed by atoms with van der Waals surface area (Å²) in [7, 11) is 0. The number of rotatable bonds is 6. The molecule has 9 heteroatoms. The maximum atomic E-state index is 12.4. The zero-order valence-corrected chi connectivity index (χ0v) is 15.5. The van der Waals surface area contributed by atoms with Crippen molar-refractivity contribution in [2.75, 3.05) is 38.1 Å². The van der Waals surface area contributed by atoms with Crippen LogP contribution in [0.5, 0.6) is 0 Å². The van der Waals surface area contributed by atoms with Crippen molar-refractivity contribution >= 4 is 17.6 Å². The van der Waals surface area contributed by atoms with Crippen molar-refractivity contribution < 1.29 is 27.5 Å². The summed E-state index contributed by atoms with van der Waals surface area (Å²) < 4.78 is 42.6. The standard InChI is InChI=1S/C19H24F3N3O3/c20-19(21,22)11-17(26)24-6-8-25(9-7-24)18(27)23-16-3-1-2-15(10-16)13-28-12-14-4-5-14/h1-3,10,14H,4-9,11-13H2,(H,23,27). The van der Waals surface area contributed by atoms with Crippen LogP contribution in [0.25, 0.3) is 0 Å². The van der Waals surface area contributed by atoms with Crippen LogP contribution in [0.3, 0.4) is 0 Å². The van der Waals surface area contributed by atoms with E-state index >= 15 is 0 Å². The fourth-order valence-electron chi connectivity index (χ4n) is 3.01. The Morgan fingerprint density at radius 1 is 1.11 bits per heavy atom. The second kappa shape index (κ2) is 8.81. The van der Waals surface area contributed by atoms with Crippen LogP contribution in [0.1, 0.15) is 24.8 Å². The number of anilines is 1. The molecule has 6 nitrogen and oxygen atoms in total. The van der Waals surface area contributed by atoms with Gasteiger partial charge in [0.05, 0.1) is 6.61 Å². The van der Waals surface area contributed by atoms with E-state index < -0.39 is 18.5 Å². The largest absolute Gasteiger partial charge is 0.397 e. The number of nitrogens with zero attached hydrogens (tertiary/aromatic N) is 2. The summed E-state index contributed by atoms with van der Waals surface area (Å²) >= 11 is 0. The van der Waals surface area contributed by atoms with Gasteiger partial charge in [-0.05, 0) is 36.5 Å². The second-order valence-electron chi connectivity index (χ2n) is 7.25. The lowest BCUT2D eigenvalue weighted by molar-refractivity contribution is -0.162. The minimum absolute atomic E-state index is 0.0946. The Bertz CT molecular complexity index is 699. The molecule has 154 valence electrons. The molecule has 0 spiro atoms. The summed E-state index contributed by atoms with van der Waals surface area (Å²) in [5.74, 6) is -0.268. The number of benzene rings is 1. The smallest absolute Gasteiger partial charge is 0.376 e. The number of amides is 3. The average molecular weight is 399 g/mol. The predicted molar refractivity (Wildman–Crippen MR) is 96.7 cm³/mol. The van der Waals surface area contributed by atoms with Crippen molar-refractivity contribution in [3.63, 3.8) is 0 Å². The molecule has 1 aliphatic carbocycles. The summed E-state index contributed by atoms with van der Waals surface area (Å²) in [4.78, 5) is 26.7. The fraction of sp³-hybridized carbons (Fsp3) is 0.579. The van der Waals surface area contributed by atoms with Crippen LogP contribution in [-0.4, -0.2) is 60.7 Å². The minimum atomic E-state index is -4.51. The Morgan fingerprint density at radius 3 is 2.43 bits per heavy atom. The van der Waals surface area contributed by atoms with Crippen LogP contribution in [-0.2, 0) is 16.1 Å². The third kappa shape index (κ3) is 6.40. The number of urea groups is 1. The van der Waals surface area contributed by atoms with Gasteiger partial charge >= 0.3 is 12.2 Å². The van der Waals surface area contributed by atoms with Gasteiger partial charge in [0.1, 0.15) is 6.42 Å². The Morgan fingerprint density at radius 2 is 1.79 bits per heavy atom. The van der Waals surface area contributed by atoms with E-state index in [1.54, 1.807) is 6.07 Å².